The van der Waals surface area contributed by atoms with Crippen LogP contribution < -0.4 is 0 Å². The maximum atomic E-state index is 5.19. The van der Waals surface area contributed by atoms with Crippen molar-refractivity contribution < 1.29 is 0 Å². The van der Waals surface area contributed by atoms with Gasteiger partial charge in [-0.25, -0.2) is 9.97 Å². The summed E-state index contributed by atoms with van der Waals surface area (Å²) in [5, 5.41) is 5.03. The van der Waals surface area contributed by atoms with Crippen molar-refractivity contribution in [2.45, 2.75) is 0 Å². The Kier molecular flexibility index (Phi) is 6.65. The van der Waals surface area contributed by atoms with Crippen LogP contribution in [0, 0.1) is 0 Å². The Bertz CT molecular complexity index is 2510. The number of aromatic nitrogens is 3. The molecule has 6 aromatic carbocycles. The topological polar surface area (TPSA) is 38.7 Å². The molecule has 220 valence electrons. The fraction of sp³-hybridized carbons (Fsp3) is 0. The molecular weight excluding hydrogens is 591 g/mol. The van der Waals surface area contributed by atoms with Crippen LogP contribution in [-0.4, -0.2) is 15.0 Å². The Morgan fingerprint density at radius 3 is 1.98 bits per heavy atom. The molecule has 47 heavy (non-hydrogen) atoms. The molecule has 9 rings (SSSR count). The zero-order valence-electron chi connectivity index (χ0n) is 25.3. The molecule has 4 heteroatoms. The second kappa shape index (κ2) is 11.4. The molecule has 0 amide bonds. The zero-order valence-corrected chi connectivity index (χ0v) is 26.2. The third-order valence-electron chi connectivity index (χ3n) is 8.76. The molecule has 0 bridgehead atoms. The second-order valence-electron chi connectivity index (χ2n) is 11.7. The fourth-order valence-electron chi connectivity index (χ4n) is 6.42. The third-order valence-corrected chi connectivity index (χ3v) is 9.98. The lowest BCUT2D eigenvalue weighted by Crippen LogP contribution is -1.96. The van der Waals surface area contributed by atoms with Crippen LogP contribution in [0.1, 0.15) is 0 Å². The van der Waals surface area contributed by atoms with Gasteiger partial charge in [0.1, 0.15) is 0 Å². The molecule has 0 fully saturated rings. The maximum Gasteiger partial charge on any atom is 0.160 e. The predicted octanol–water partition coefficient (Wildman–Crippen LogP) is 11.7. The van der Waals surface area contributed by atoms with Gasteiger partial charge < -0.3 is 0 Å². The van der Waals surface area contributed by atoms with E-state index < -0.39 is 0 Å². The number of hydrogen-bond donors (Lipinski definition) is 0. The standard InChI is InChI=1S/C43H27N3S/c1-2-10-30(11-3-1)43-45-39(29-19-21-44-22-20-29)27-40(46-43)35-25-33(32-18-17-28-9-4-5-12-31(28)23-32)24-34(26-35)36-14-8-15-38-37-13-6-7-16-41(37)47-42(36)38/h1-27H. The SMILES string of the molecule is c1ccc(-c2nc(-c3ccncc3)cc(-c3cc(-c4ccc5ccccc5c4)cc(-c4cccc5c4sc4ccccc45)c3)n2)cc1. The number of benzene rings is 6. The van der Waals surface area contributed by atoms with Crippen LogP contribution in [0.2, 0.25) is 0 Å². The van der Waals surface area contributed by atoms with E-state index in [1.807, 2.05) is 54.1 Å². The lowest BCUT2D eigenvalue weighted by molar-refractivity contribution is 1.18. The van der Waals surface area contributed by atoms with E-state index >= 15 is 0 Å². The lowest BCUT2D eigenvalue weighted by atomic mass is 9.93. The molecule has 0 aliphatic heterocycles. The Morgan fingerprint density at radius 2 is 1.11 bits per heavy atom. The second-order valence-corrected chi connectivity index (χ2v) is 12.8. The highest BCUT2D eigenvalue weighted by Gasteiger charge is 2.16. The first-order chi connectivity index (χ1) is 23.3. The molecule has 0 N–H and O–H groups in total. The largest absolute Gasteiger partial charge is 0.265 e. The van der Waals surface area contributed by atoms with Gasteiger partial charge in [-0.1, -0.05) is 103 Å². The summed E-state index contributed by atoms with van der Waals surface area (Å²) in [6, 6.07) is 53.8. The summed E-state index contributed by atoms with van der Waals surface area (Å²) in [7, 11) is 0. The van der Waals surface area contributed by atoms with Gasteiger partial charge >= 0.3 is 0 Å². The van der Waals surface area contributed by atoms with Gasteiger partial charge in [0.15, 0.2) is 5.82 Å². The molecule has 0 aliphatic carbocycles. The zero-order chi connectivity index (χ0) is 31.2. The molecule has 3 aromatic heterocycles. The Labute approximate surface area is 276 Å². The summed E-state index contributed by atoms with van der Waals surface area (Å²) >= 11 is 1.86. The molecule has 0 saturated heterocycles. The number of thiophene rings is 1. The summed E-state index contributed by atoms with van der Waals surface area (Å²) in [6.07, 6.45) is 3.62. The van der Waals surface area contributed by atoms with Crippen molar-refractivity contribution in [1.29, 1.82) is 0 Å². The lowest BCUT2D eigenvalue weighted by Gasteiger charge is -2.14. The van der Waals surface area contributed by atoms with Crippen molar-refractivity contribution in [2.75, 3.05) is 0 Å². The Hall–Kier alpha value is -5.97. The van der Waals surface area contributed by atoms with Gasteiger partial charge in [0.05, 0.1) is 11.4 Å². The van der Waals surface area contributed by atoms with Gasteiger partial charge in [0.25, 0.3) is 0 Å². The van der Waals surface area contributed by atoms with Crippen molar-refractivity contribution in [2.24, 2.45) is 0 Å². The van der Waals surface area contributed by atoms with E-state index in [0.29, 0.717) is 5.82 Å². The number of hydrogen-bond acceptors (Lipinski definition) is 4. The normalized spacial score (nSPS) is 11.4. The van der Waals surface area contributed by atoms with Gasteiger partial charge in [0.2, 0.25) is 0 Å². The molecule has 3 nitrogen and oxygen atoms in total. The molecule has 0 unspecified atom stereocenters. The molecule has 9 aromatic rings. The van der Waals surface area contributed by atoms with Gasteiger partial charge in [-0.3, -0.25) is 4.98 Å². The Morgan fingerprint density at radius 1 is 0.404 bits per heavy atom. The molecule has 0 aliphatic rings. The highest BCUT2D eigenvalue weighted by atomic mass is 32.1. The predicted molar refractivity (Wildman–Crippen MR) is 197 cm³/mol. The minimum absolute atomic E-state index is 0.694. The molecule has 3 heterocycles. The molecule has 0 radical (unpaired) electrons. The summed E-state index contributed by atoms with van der Waals surface area (Å²) in [6.45, 7) is 0. The summed E-state index contributed by atoms with van der Waals surface area (Å²) in [5.74, 6) is 0.694. The van der Waals surface area contributed by atoms with E-state index in [2.05, 4.69) is 126 Å². The highest BCUT2D eigenvalue weighted by Crippen LogP contribution is 2.42. The smallest absolute Gasteiger partial charge is 0.160 e. The molecule has 0 spiro atoms. The first-order valence-electron chi connectivity index (χ1n) is 15.7. The van der Waals surface area contributed by atoms with Crippen molar-refractivity contribution in [3.05, 3.63) is 164 Å². The quantitative estimate of drug-likeness (QED) is 0.193. The molecule has 0 atom stereocenters. The minimum atomic E-state index is 0.694. The summed E-state index contributed by atoms with van der Waals surface area (Å²) in [5.41, 5.74) is 9.45. The maximum absolute atomic E-state index is 5.19. The highest BCUT2D eigenvalue weighted by molar-refractivity contribution is 7.26. The number of rotatable bonds is 5. The first kappa shape index (κ1) is 27.3. The van der Waals surface area contributed by atoms with Crippen molar-refractivity contribution in [3.63, 3.8) is 0 Å². The van der Waals surface area contributed by atoms with Crippen molar-refractivity contribution >= 4 is 42.3 Å². The monoisotopic (exact) mass is 617 g/mol. The van der Waals surface area contributed by atoms with Crippen LogP contribution in [0.15, 0.2) is 164 Å². The van der Waals surface area contributed by atoms with E-state index in [0.717, 1.165) is 39.2 Å². The van der Waals surface area contributed by atoms with Crippen LogP contribution in [0.4, 0.5) is 0 Å². The summed E-state index contributed by atoms with van der Waals surface area (Å²) < 4.78 is 2.59. The van der Waals surface area contributed by atoms with E-state index in [4.69, 9.17) is 9.97 Å². The first-order valence-corrected chi connectivity index (χ1v) is 16.5. The van der Waals surface area contributed by atoms with Gasteiger partial charge in [-0.15, -0.1) is 11.3 Å². The number of fused-ring (bicyclic) bond motifs is 4. The van der Waals surface area contributed by atoms with Crippen molar-refractivity contribution in [3.8, 4) is 56.2 Å². The van der Waals surface area contributed by atoms with Gasteiger partial charge in [-0.05, 0) is 81.6 Å². The Balaban J connectivity index is 1.31. The number of pyridine rings is 1. The van der Waals surface area contributed by atoms with E-state index in [1.165, 1.54) is 42.1 Å². The van der Waals surface area contributed by atoms with E-state index in [-0.39, 0.29) is 0 Å². The van der Waals surface area contributed by atoms with Gasteiger partial charge in [0, 0.05) is 49.3 Å². The number of nitrogens with zero attached hydrogens (tertiary/aromatic N) is 3. The summed E-state index contributed by atoms with van der Waals surface area (Å²) in [4.78, 5) is 14.5. The average Bonchev–Trinajstić information content (AvgIpc) is 3.54. The molecule has 0 saturated carbocycles. The fourth-order valence-corrected chi connectivity index (χ4v) is 7.66. The van der Waals surface area contributed by atoms with Crippen LogP contribution in [0.3, 0.4) is 0 Å². The van der Waals surface area contributed by atoms with Crippen LogP contribution in [0.5, 0.6) is 0 Å². The van der Waals surface area contributed by atoms with E-state index in [1.54, 1.807) is 0 Å². The van der Waals surface area contributed by atoms with Crippen LogP contribution in [0.25, 0.3) is 87.1 Å². The average molecular weight is 618 g/mol. The minimum Gasteiger partial charge on any atom is -0.265 e. The van der Waals surface area contributed by atoms with Gasteiger partial charge in [-0.2, -0.15) is 0 Å². The van der Waals surface area contributed by atoms with Crippen LogP contribution >= 0.6 is 11.3 Å². The molecular formula is C43H27N3S. The van der Waals surface area contributed by atoms with Crippen LogP contribution in [-0.2, 0) is 0 Å². The van der Waals surface area contributed by atoms with Crippen molar-refractivity contribution in [1.82, 2.24) is 15.0 Å². The third kappa shape index (κ3) is 5.05. The van der Waals surface area contributed by atoms with E-state index in [9.17, 15) is 0 Å².